The molecule has 0 spiro atoms. The molecule has 2 aliphatic rings. The first-order valence-corrected chi connectivity index (χ1v) is 8.98. The maximum absolute atomic E-state index is 13.0. The van der Waals surface area contributed by atoms with Crippen LogP contribution in [-0.2, 0) is 9.53 Å². The molecule has 25 heavy (non-hydrogen) atoms. The third kappa shape index (κ3) is 4.11. The first kappa shape index (κ1) is 17.7. The van der Waals surface area contributed by atoms with Gasteiger partial charge < -0.3 is 9.64 Å². The highest BCUT2D eigenvalue weighted by molar-refractivity contribution is 5.86. The normalized spacial score (nSPS) is 24.4. The van der Waals surface area contributed by atoms with Crippen molar-refractivity contribution >= 4 is 12.0 Å². The number of amides is 2. The zero-order valence-corrected chi connectivity index (χ0v) is 15.2. The molecule has 2 amide bonds. The summed E-state index contributed by atoms with van der Waals surface area (Å²) in [5, 5.41) is 4.20. The van der Waals surface area contributed by atoms with Gasteiger partial charge in [0, 0.05) is 19.6 Å². The second-order valence-corrected chi connectivity index (χ2v) is 7.79. The van der Waals surface area contributed by atoms with Crippen molar-refractivity contribution in [3.63, 3.8) is 0 Å². The Hall–Kier alpha value is -2.12. The minimum absolute atomic E-state index is 0.0215. The van der Waals surface area contributed by atoms with Crippen LogP contribution in [0.5, 0.6) is 0 Å². The Bertz CT molecular complexity index is 610. The average Bonchev–Trinajstić information content (AvgIpc) is 3.24. The van der Waals surface area contributed by atoms with Crippen molar-refractivity contribution in [3.8, 4) is 0 Å². The monoisotopic (exact) mass is 349 g/mol. The number of hydrogen-bond acceptors (Lipinski definition) is 5. The van der Waals surface area contributed by atoms with E-state index in [4.69, 9.17) is 4.74 Å². The van der Waals surface area contributed by atoms with Crippen LogP contribution in [0.4, 0.5) is 4.79 Å². The average molecular weight is 349 g/mol. The summed E-state index contributed by atoms with van der Waals surface area (Å²) in [5.41, 5.74) is -0.559. The van der Waals surface area contributed by atoms with Crippen LogP contribution >= 0.6 is 0 Å². The molecule has 2 aliphatic heterocycles. The minimum atomic E-state index is -0.559. The largest absolute Gasteiger partial charge is 0.444 e. The Morgan fingerprint density at radius 3 is 2.60 bits per heavy atom. The Kier molecular flexibility index (Phi) is 4.96. The summed E-state index contributed by atoms with van der Waals surface area (Å²) >= 11 is 0. The van der Waals surface area contributed by atoms with Gasteiger partial charge in [-0.1, -0.05) is 0 Å². The van der Waals surface area contributed by atoms with E-state index in [9.17, 15) is 9.59 Å². The van der Waals surface area contributed by atoms with Crippen molar-refractivity contribution < 1.29 is 14.3 Å². The molecule has 0 N–H and O–H groups in total. The Morgan fingerprint density at radius 1 is 1.16 bits per heavy atom. The molecule has 0 aromatic carbocycles. The molecule has 3 heterocycles. The number of hydrogen-bond donors (Lipinski definition) is 0. The summed E-state index contributed by atoms with van der Waals surface area (Å²) in [6.07, 6.45) is 6.25. The van der Waals surface area contributed by atoms with E-state index in [0.29, 0.717) is 19.5 Å². The summed E-state index contributed by atoms with van der Waals surface area (Å²) in [5.74, 6) is 0.0215. The molecule has 1 aromatic rings. The van der Waals surface area contributed by atoms with E-state index in [0.717, 1.165) is 25.8 Å². The smallest absolute Gasteiger partial charge is 0.410 e. The van der Waals surface area contributed by atoms with Crippen LogP contribution in [0.1, 0.15) is 52.5 Å². The standard InChI is InChI=1S/C17H27N5O3/c1-17(2,3)25-16(24)21-9-5-7-14(21)15(23)20-8-4-6-13(10-20)22-12-18-11-19-22/h11-14H,4-10H2,1-3H3/t13-,14+/m1/s1. The fourth-order valence-corrected chi connectivity index (χ4v) is 3.55. The lowest BCUT2D eigenvalue weighted by Crippen LogP contribution is -2.51. The molecule has 2 saturated heterocycles. The minimum Gasteiger partial charge on any atom is -0.444 e. The van der Waals surface area contributed by atoms with E-state index < -0.39 is 17.7 Å². The zero-order chi connectivity index (χ0) is 18.0. The summed E-state index contributed by atoms with van der Waals surface area (Å²) in [4.78, 5) is 32.9. The Morgan fingerprint density at radius 2 is 1.92 bits per heavy atom. The zero-order valence-electron chi connectivity index (χ0n) is 15.2. The van der Waals surface area contributed by atoms with Crippen LogP contribution in [0, 0.1) is 0 Å². The predicted octanol–water partition coefficient (Wildman–Crippen LogP) is 1.84. The molecule has 0 radical (unpaired) electrons. The highest BCUT2D eigenvalue weighted by Gasteiger charge is 2.39. The van der Waals surface area contributed by atoms with Crippen LogP contribution in [0.2, 0.25) is 0 Å². The van der Waals surface area contributed by atoms with E-state index >= 15 is 0 Å². The van der Waals surface area contributed by atoms with Gasteiger partial charge >= 0.3 is 6.09 Å². The van der Waals surface area contributed by atoms with Crippen LogP contribution < -0.4 is 0 Å². The van der Waals surface area contributed by atoms with Gasteiger partial charge in [-0.2, -0.15) is 5.10 Å². The first-order valence-electron chi connectivity index (χ1n) is 8.98. The van der Waals surface area contributed by atoms with Gasteiger partial charge in [-0.25, -0.2) is 14.5 Å². The highest BCUT2D eigenvalue weighted by Crippen LogP contribution is 2.26. The third-order valence-corrected chi connectivity index (χ3v) is 4.68. The predicted molar refractivity (Wildman–Crippen MR) is 90.8 cm³/mol. The lowest BCUT2D eigenvalue weighted by Gasteiger charge is -2.36. The molecule has 2 atom stereocenters. The molecule has 0 aliphatic carbocycles. The summed E-state index contributed by atoms with van der Waals surface area (Å²) in [7, 11) is 0. The van der Waals surface area contributed by atoms with Gasteiger partial charge in [-0.15, -0.1) is 0 Å². The van der Waals surface area contributed by atoms with Gasteiger partial charge in [-0.05, 0) is 46.5 Å². The number of likely N-dealkylation sites (tertiary alicyclic amines) is 2. The van der Waals surface area contributed by atoms with Crippen LogP contribution in [0.25, 0.3) is 0 Å². The van der Waals surface area contributed by atoms with Crippen molar-refractivity contribution in [1.82, 2.24) is 24.6 Å². The number of nitrogens with zero attached hydrogens (tertiary/aromatic N) is 5. The highest BCUT2D eigenvalue weighted by atomic mass is 16.6. The fraction of sp³-hybridized carbons (Fsp3) is 0.765. The molecule has 138 valence electrons. The number of carbonyl (C=O) groups is 2. The second-order valence-electron chi connectivity index (χ2n) is 7.79. The van der Waals surface area contributed by atoms with Gasteiger partial charge in [0.25, 0.3) is 0 Å². The van der Waals surface area contributed by atoms with E-state index in [1.54, 1.807) is 11.2 Å². The number of carbonyl (C=O) groups excluding carboxylic acids is 2. The molecule has 8 heteroatoms. The number of aromatic nitrogens is 3. The maximum atomic E-state index is 13.0. The summed E-state index contributed by atoms with van der Waals surface area (Å²) in [6.45, 7) is 7.43. The van der Waals surface area contributed by atoms with Gasteiger partial charge in [0.15, 0.2) is 0 Å². The van der Waals surface area contributed by atoms with Gasteiger partial charge in [-0.3, -0.25) is 9.69 Å². The lowest BCUT2D eigenvalue weighted by atomic mass is 10.0. The van der Waals surface area contributed by atoms with E-state index in [1.165, 1.54) is 6.33 Å². The van der Waals surface area contributed by atoms with E-state index in [1.807, 2.05) is 30.4 Å². The second kappa shape index (κ2) is 7.01. The molecule has 3 rings (SSSR count). The molecular formula is C17H27N5O3. The molecule has 2 fully saturated rings. The van der Waals surface area contributed by atoms with Crippen molar-refractivity contribution in [2.24, 2.45) is 0 Å². The number of ether oxygens (including phenoxy) is 1. The summed E-state index contributed by atoms with van der Waals surface area (Å²) in [6, 6.07) is -0.263. The topological polar surface area (TPSA) is 80.6 Å². The molecular weight excluding hydrogens is 322 g/mol. The Balaban J connectivity index is 1.65. The third-order valence-electron chi connectivity index (χ3n) is 4.68. The Labute approximate surface area is 148 Å². The quantitative estimate of drug-likeness (QED) is 0.814. The van der Waals surface area contributed by atoms with E-state index in [-0.39, 0.29) is 11.9 Å². The lowest BCUT2D eigenvalue weighted by molar-refractivity contribution is -0.137. The van der Waals surface area contributed by atoms with Gasteiger partial charge in [0.1, 0.15) is 24.3 Å². The summed E-state index contributed by atoms with van der Waals surface area (Å²) < 4.78 is 7.28. The number of piperidine rings is 1. The SMILES string of the molecule is CC(C)(C)OC(=O)N1CCC[C@H]1C(=O)N1CCC[C@@H](n2cncn2)C1. The van der Waals surface area contributed by atoms with Crippen LogP contribution in [-0.4, -0.2) is 67.8 Å². The molecule has 0 bridgehead atoms. The molecule has 8 nitrogen and oxygen atoms in total. The van der Waals surface area contributed by atoms with Crippen molar-refractivity contribution in [3.05, 3.63) is 12.7 Å². The van der Waals surface area contributed by atoms with E-state index in [2.05, 4.69) is 10.1 Å². The molecule has 1 aromatic heterocycles. The van der Waals surface area contributed by atoms with Crippen molar-refractivity contribution in [1.29, 1.82) is 0 Å². The van der Waals surface area contributed by atoms with Crippen LogP contribution in [0.15, 0.2) is 12.7 Å². The van der Waals surface area contributed by atoms with Crippen LogP contribution in [0.3, 0.4) is 0 Å². The van der Waals surface area contributed by atoms with Gasteiger partial charge in [0.05, 0.1) is 6.04 Å². The number of rotatable bonds is 2. The molecule has 0 saturated carbocycles. The van der Waals surface area contributed by atoms with Crippen molar-refractivity contribution in [2.75, 3.05) is 19.6 Å². The fourth-order valence-electron chi connectivity index (χ4n) is 3.55. The van der Waals surface area contributed by atoms with Gasteiger partial charge in [0.2, 0.25) is 5.91 Å². The van der Waals surface area contributed by atoms with Crippen molar-refractivity contribution in [2.45, 2.75) is 64.1 Å². The maximum Gasteiger partial charge on any atom is 0.410 e. The molecule has 0 unspecified atom stereocenters. The first-order chi connectivity index (χ1) is 11.8.